The first-order chi connectivity index (χ1) is 20.6. The predicted molar refractivity (Wildman–Crippen MR) is 181 cm³/mol. The maximum Gasteiger partial charge on any atom is 0.249 e. The molecule has 0 aliphatic rings. The fourth-order valence-electron chi connectivity index (χ4n) is 5.95. The van der Waals surface area contributed by atoms with E-state index in [2.05, 4.69) is 19.2 Å². The van der Waals surface area contributed by atoms with Crippen LogP contribution in [0.2, 0.25) is 0 Å². The van der Waals surface area contributed by atoms with Gasteiger partial charge in [0.05, 0.1) is 18.8 Å². The van der Waals surface area contributed by atoms with Crippen LogP contribution in [0.15, 0.2) is 0 Å². The smallest absolute Gasteiger partial charge is 0.249 e. The largest absolute Gasteiger partial charge is 0.394 e. The summed E-state index contributed by atoms with van der Waals surface area (Å²) >= 11 is 0. The molecule has 4 N–H and O–H groups in total. The second-order valence-corrected chi connectivity index (χ2v) is 13.2. The number of aliphatic hydroxyl groups is 3. The van der Waals surface area contributed by atoms with E-state index in [1.807, 2.05) is 0 Å². The molecule has 5 heteroatoms. The summed E-state index contributed by atoms with van der Waals surface area (Å²) in [6, 6.07) is -0.703. The molecule has 0 aliphatic heterocycles. The van der Waals surface area contributed by atoms with Crippen LogP contribution in [0.5, 0.6) is 0 Å². The molecule has 0 spiro atoms. The van der Waals surface area contributed by atoms with Gasteiger partial charge in [0, 0.05) is 0 Å². The Hall–Kier alpha value is -0.650. The van der Waals surface area contributed by atoms with Crippen LogP contribution in [0, 0.1) is 0 Å². The molecule has 0 aromatic carbocycles. The molecular formula is C37H75NO4. The van der Waals surface area contributed by atoms with Crippen molar-refractivity contribution >= 4 is 5.91 Å². The Labute approximate surface area is 262 Å². The van der Waals surface area contributed by atoms with Crippen LogP contribution in [0.4, 0.5) is 0 Å². The molecule has 0 aromatic heterocycles. The first kappa shape index (κ1) is 41.4. The molecule has 0 saturated heterocycles. The zero-order chi connectivity index (χ0) is 30.9. The summed E-state index contributed by atoms with van der Waals surface area (Å²) in [6.45, 7) is 4.21. The maximum atomic E-state index is 12.4. The van der Waals surface area contributed by atoms with Crippen LogP contribution >= 0.6 is 0 Å². The molecule has 0 rings (SSSR count). The Bertz CT molecular complexity index is 544. The predicted octanol–water partition coefficient (Wildman–Crippen LogP) is 9.93. The highest BCUT2D eigenvalue weighted by Crippen LogP contribution is 2.16. The van der Waals surface area contributed by atoms with Crippen LogP contribution in [0.1, 0.15) is 206 Å². The normalized spacial score (nSPS) is 13.7. The molecule has 0 fully saturated rings. The Balaban J connectivity index is 3.61. The van der Waals surface area contributed by atoms with E-state index in [4.69, 9.17) is 0 Å². The van der Waals surface area contributed by atoms with Gasteiger partial charge in [0.15, 0.2) is 0 Å². The topological polar surface area (TPSA) is 89.8 Å². The molecule has 0 saturated carbocycles. The molecule has 3 atom stereocenters. The Morgan fingerprint density at radius 2 is 0.762 bits per heavy atom. The molecule has 5 nitrogen and oxygen atoms in total. The average molecular weight is 598 g/mol. The van der Waals surface area contributed by atoms with E-state index in [0.717, 1.165) is 32.1 Å². The van der Waals surface area contributed by atoms with Gasteiger partial charge < -0.3 is 20.6 Å². The van der Waals surface area contributed by atoms with Crippen molar-refractivity contribution in [2.24, 2.45) is 0 Å². The third-order valence-electron chi connectivity index (χ3n) is 8.98. The van der Waals surface area contributed by atoms with Crippen molar-refractivity contribution in [2.45, 2.75) is 225 Å². The number of carbonyl (C=O) groups is 1. The maximum absolute atomic E-state index is 12.4. The van der Waals surface area contributed by atoms with Gasteiger partial charge in [-0.1, -0.05) is 194 Å². The van der Waals surface area contributed by atoms with Gasteiger partial charge >= 0.3 is 0 Å². The second-order valence-electron chi connectivity index (χ2n) is 13.2. The number of carbonyl (C=O) groups excluding carboxylic acids is 1. The number of rotatable bonds is 34. The molecule has 0 radical (unpaired) electrons. The summed E-state index contributed by atoms with van der Waals surface area (Å²) in [4.78, 5) is 12.4. The number of amides is 1. The van der Waals surface area contributed by atoms with Crippen molar-refractivity contribution in [3.63, 3.8) is 0 Å². The van der Waals surface area contributed by atoms with Gasteiger partial charge in [-0.15, -0.1) is 0 Å². The lowest BCUT2D eigenvalue weighted by Gasteiger charge is -2.23. The Morgan fingerprint density at radius 1 is 0.476 bits per heavy atom. The molecule has 1 amide bonds. The molecule has 0 heterocycles. The third-order valence-corrected chi connectivity index (χ3v) is 8.98. The van der Waals surface area contributed by atoms with Gasteiger partial charge in [-0.3, -0.25) is 4.79 Å². The number of unbranched alkanes of at least 4 members (excludes halogenated alkanes) is 26. The van der Waals surface area contributed by atoms with Gasteiger partial charge in [0.1, 0.15) is 6.10 Å². The van der Waals surface area contributed by atoms with Gasteiger partial charge in [0.25, 0.3) is 0 Å². The van der Waals surface area contributed by atoms with Crippen molar-refractivity contribution in [3.05, 3.63) is 0 Å². The van der Waals surface area contributed by atoms with Gasteiger partial charge in [-0.05, 0) is 12.8 Å². The highest BCUT2D eigenvalue weighted by atomic mass is 16.3. The van der Waals surface area contributed by atoms with Crippen molar-refractivity contribution in [3.8, 4) is 0 Å². The first-order valence-corrected chi connectivity index (χ1v) is 18.8. The van der Waals surface area contributed by atoms with Gasteiger partial charge in [-0.2, -0.15) is 0 Å². The lowest BCUT2D eigenvalue weighted by molar-refractivity contribution is -0.131. The zero-order valence-electron chi connectivity index (χ0n) is 28.4. The summed E-state index contributed by atoms with van der Waals surface area (Å²) in [5, 5.41) is 33.1. The molecular weight excluding hydrogens is 522 g/mol. The van der Waals surface area contributed by atoms with Crippen molar-refractivity contribution in [1.82, 2.24) is 5.32 Å². The van der Waals surface area contributed by atoms with Gasteiger partial charge in [-0.25, -0.2) is 0 Å². The van der Waals surface area contributed by atoms with E-state index in [1.165, 1.54) is 148 Å². The molecule has 0 aliphatic carbocycles. The molecule has 42 heavy (non-hydrogen) atoms. The van der Waals surface area contributed by atoms with Crippen LogP contribution in [0.3, 0.4) is 0 Å². The number of nitrogens with one attached hydrogen (secondary N) is 1. The van der Waals surface area contributed by atoms with E-state index in [-0.39, 0.29) is 6.61 Å². The number of hydrogen-bond donors (Lipinski definition) is 4. The summed E-state index contributed by atoms with van der Waals surface area (Å²) in [6.07, 6.45) is 35.2. The van der Waals surface area contributed by atoms with Crippen molar-refractivity contribution in [2.75, 3.05) is 6.61 Å². The molecule has 0 bridgehead atoms. The minimum atomic E-state index is -1.06. The quantitative estimate of drug-likeness (QED) is 0.0556. The van der Waals surface area contributed by atoms with E-state index in [9.17, 15) is 20.1 Å². The molecule has 252 valence electrons. The monoisotopic (exact) mass is 598 g/mol. The highest BCUT2D eigenvalue weighted by molar-refractivity contribution is 5.80. The second kappa shape index (κ2) is 33.2. The van der Waals surface area contributed by atoms with E-state index in [0.29, 0.717) is 12.8 Å². The standard InChI is InChI=1S/C37H75NO4/c1-3-5-7-9-11-13-15-16-17-18-19-20-21-22-24-25-27-29-31-35(40)34(33-39)38-37(42)36(41)32-30-28-26-23-14-12-10-8-6-4-2/h34-36,39-41H,3-33H2,1-2H3,(H,38,42). The lowest BCUT2D eigenvalue weighted by atomic mass is 10.0. The fourth-order valence-corrected chi connectivity index (χ4v) is 5.95. The fraction of sp³-hybridized carbons (Fsp3) is 0.973. The van der Waals surface area contributed by atoms with Crippen molar-refractivity contribution in [1.29, 1.82) is 0 Å². The van der Waals surface area contributed by atoms with Crippen LogP contribution in [0.25, 0.3) is 0 Å². The van der Waals surface area contributed by atoms with Gasteiger partial charge in [0.2, 0.25) is 5.91 Å². The first-order valence-electron chi connectivity index (χ1n) is 18.8. The summed E-state index contributed by atoms with van der Waals surface area (Å²) in [5.74, 6) is -0.471. The zero-order valence-corrected chi connectivity index (χ0v) is 28.4. The highest BCUT2D eigenvalue weighted by Gasteiger charge is 2.23. The average Bonchev–Trinajstić information content (AvgIpc) is 2.99. The Kier molecular flexibility index (Phi) is 32.7. The number of aliphatic hydroxyl groups excluding tert-OH is 3. The molecule has 3 unspecified atom stereocenters. The minimum Gasteiger partial charge on any atom is -0.394 e. The Morgan fingerprint density at radius 3 is 1.07 bits per heavy atom. The minimum absolute atomic E-state index is 0.309. The third kappa shape index (κ3) is 28.1. The van der Waals surface area contributed by atoms with Crippen LogP contribution in [-0.4, -0.2) is 46.1 Å². The summed E-state index contributed by atoms with van der Waals surface area (Å²) in [5.41, 5.74) is 0. The summed E-state index contributed by atoms with van der Waals surface area (Å²) in [7, 11) is 0. The lowest BCUT2D eigenvalue weighted by Crippen LogP contribution is -2.49. The van der Waals surface area contributed by atoms with E-state index < -0.39 is 24.2 Å². The van der Waals surface area contributed by atoms with Crippen LogP contribution < -0.4 is 5.32 Å². The van der Waals surface area contributed by atoms with Crippen LogP contribution in [-0.2, 0) is 4.79 Å². The summed E-state index contributed by atoms with van der Waals surface area (Å²) < 4.78 is 0. The van der Waals surface area contributed by atoms with E-state index in [1.54, 1.807) is 0 Å². The SMILES string of the molecule is CCCCCCCCCCCCCCCCCCCCC(O)C(CO)NC(=O)C(O)CCCCCCCCCCCC. The van der Waals surface area contributed by atoms with E-state index >= 15 is 0 Å². The molecule has 0 aromatic rings. The van der Waals surface area contributed by atoms with Crippen molar-refractivity contribution < 1.29 is 20.1 Å². The number of hydrogen-bond acceptors (Lipinski definition) is 4.